The summed E-state index contributed by atoms with van der Waals surface area (Å²) in [6, 6.07) is 0. The highest BCUT2D eigenvalue weighted by Gasteiger charge is 2.38. The molecule has 0 aromatic carbocycles. The molecule has 134 valence electrons. The van der Waals surface area contributed by atoms with Gasteiger partial charge in [-0.05, 0) is 0 Å². The first-order chi connectivity index (χ1) is 11.8. The lowest BCUT2D eigenvalue weighted by Crippen LogP contribution is -2.43. The molecule has 0 heterocycles. The second-order valence-electron chi connectivity index (χ2n) is 4.71. The average Bonchev–Trinajstić information content (AvgIpc) is 2.65. The van der Waals surface area contributed by atoms with Crippen molar-refractivity contribution < 1.29 is 38.1 Å². The molecule has 0 aliphatic carbocycles. The van der Waals surface area contributed by atoms with Crippen LogP contribution in [-0.4, -0.2) is 50.3 Å². The number of hydrogen-bond acceptors (Lipinski definition) is 8. The highest BCUT2D eigenvalue weighted by molar-refractivity contribution is 5.82. The van der Waals surface area contributed by atoms with Crippen molar-refractivity contribution in [3.63, 3.8) is 0 Å². The molecule has 0 fully saturated rings. The summed E-state index contributed by atoms with van der Waals surface area (Å²) in [4.78, 5) is 45.2. The molecule has 0 aromatic heterocycles. The van der Waals surface area contributed by atoms with Gasteiger partial charge in [0.1, 0.15) is 31.8 Å². The van der Waals surface area contributed by atoms with Crippen molar-refractivity contribution >= 4 is 23.9 Å². The minimum Gasteiger partial charge on any atom is -0.462 e. The van der Waals surface area contributed by atoms with Gasteiger partial charge < -0.3 is 18.9 Å². The summed E-state index contributed by atoms with van der Waals surface area (Å²) < 4.78 is 19.7. The van der Waals surface area contributed by atoms with Crippen LogP contribution in [0.4, 0.5) is 0 Å². The molecule has 0 bridgehead atoms. The van der Waals surface area contributed by atoms with Crippen molar-refractivity contribution in [3.05, 3.63) is 50.6 Å². The second-order valence-corrected chi connectivity index (χ2v) is 4.71. The van der Waals surface area contributed by atoms with Crippen LogP contribution in [0.25, 0.3) is 0 Å². The van der Waals surface area contributed by atoms with E-state index in [2.05, 4.69) is 19.7 Å². The van der Waals surface area contributed by atoms with E-state index in [0.717, 1.165) is 18.2 Å². The Morgan fingerprint density at radius 3 is 1.20 bits per heavy atom. The van der Waals surface area contributed by atoms with Crippen LogP contribution in [-0.2, 0) is 38.1 Å². The molecule has 0 saturated carbocycles. The van der Waals surface area contributed by atoms with Crippen LogP contribution >= 0.6 is 0 Å². The molecular weight excluding hydrogens is 332 g/mol. The maximum atomic E-state index is 11.3. The molecule has 0 aliphatic heterocycles. The predicted octanol–water partition coefficient (Wildman–Crippen LogP) is 0.693. The molecule has 8 heteroatoms. The topological polar surface area (TPSA) is 105 Å². The maximum absolute atomic E-state index is 11.3. The average molecular weight is 351 g/mol. The largest absolute Gasteiger partial charge is 0.484 e. The van der Waals surface area contributed by atoms with Gasteiger partial charge in [0.25, 0.3) is 0 Å². The SMILES string of the molecule is [CH+]=CC(=O)OCC(COC(=O)C=C)(COC(=O)C=C)COC(=O)C=C. The van der Waals surface area contributed by atoms with Gasteiger partial charge in [-0.15, -0.1) is 4.79 Å². The van der Waals surface area contributed by atoms with Gasteiger partial charge in [-0.3, -0.25) is 0 Å². The lowest BCUT2D eigenvalue weighted by Gasteiger charge is -2.29. The quantitative estimate of drug-likeness (QED) is 0.219. The van der Waals surface area contributed by atoms with Crippen molar-refractivity contribution in [2.75, 3.05) is 26.4 Å². The standard InChI is InChI=1S/C17H19O8/c1-5-13(18)22-9-17(10-23-14(19)6-2,11-24-15(20)7-3)12-25-16(21)8-4/h1,5-8H,2-4,9-12H2/q+1. The minimum atomic E-state index is -1.37. The van der Waals surface area contributed by atoms with Gasteiger partial charge in [-0.1, -0.05) is 19.7 Å². The molecular formula is C17H19O8+. The Hall–Kier alpha value is -3.25. The monoisotopic (exact) mass is 351 g/mol. The summed E-state index contributed by atoms with van der Waals surface area (Å²) in [5.41, 5.74) is -1.37. The van der Waals surface area contributed by atoms with E-state index in [-0.39, 0.29) is 0 Å². The van der Waals surface area contributed by atoms with Crippen LogP contribution in [0.5, 0.6) is 0 Å². The number of esters is 4. The molecule has 8 nitrogen and oxygen atoms in total. The number of rotatable bonds is 12. The van der Waals surface area contributed by atoms with E-state index in [1.165, 1.54) is 0 Å². The molecule has 0 aliphatic rings. The third kappa shape index (κ3) is 8.83. The second kappa shape index (κ2) is 11.3. The fraction of sp³-hybridized carbons (Fsp3) is 0.294. The van der Waals surface area contributed by atoms with Crippen LogP contribution in [0.15, 0.2) is 44.0 Å². The van der Waals surface area contributed by atoms with E-state index < -0.39 is 55.7 Å². The van der Waals surface area contributed by atoms with Crippen molar-refractivity contribution in [1.29, 1.82) is 0 Å². The van der Waals surface area contributed by atoms with Crippen LogP contribution < -0.4 is 0 Å². The van der Waals surface area contributed by atoms with Gasteiger partial charge in [-0.25, -0.2) is 14.4 Å². The Morgan fingerprint density at radius 1 is 0.680 bits per heavy atom. The smallest absolute Gasteiger partial charge is 0.462 e. The van der Waals surface area contributed by atoms with Gasteiger partial charge in [0.2, 0.25) is 6.08 Å². The number of carbonyl (C=O) groups excluding carboxylic acids is 4. The Morgan fingerprint density at radius 2 is 0.960 bits per heavy atom. The van der Waals surface area contributed by atoms with E-state index in [0.29, 0.717) is 6.08 Å². The summed E-state index contributed by atoms with van der Waals surface area (Å²) in [6.07, 6.45) is 3.41. The molecule has 25 heavy (non-hydrogen) atoms. The zero-order valence-corrected chi connectivity index (χ0v) is 13.6. The lowest BCUT2D eigenvalue weighted by atomic mass is 9.92. The van der Waals surface area contributed by atoms with E-state index in [4.69, 9.17) is 25.5 Å². The van der Waals surface area contributed by atoms with Gasteiger partial charge >= 0.3 is 23.9 Å². The Kier molecular flexibility index (Phi) is 9.84. The minimum absolute atomic E-state index is 0.398. The summed E-state index contributed by atoms with van der Waals surface area (Å²) >= 11 is 0. The Labute approximate surface area is 145 Å². The molecule has 0 atom stereocenters. The number of carbonyl (C=O) groups is 4. The molecule has 0 spiro atoms. The normalized spacial score (nSPS) is 9.88. The van der Waals surface area contributed by atoms with Crippen molar-refractivity contribution in [3.8, 4) is 0 Å². The van der Waals surface area contributed by atoms with E-state index >= 15 is 0 Å². The van der Waals surface area contributed by atoms with Gasteiger partial charge in [0, 0.05) is 18.2 Å². The summed E-state index contributed by atoms with van der Waals surface area (Å²) in [5.74, 6) is -3.19. The van der Waals surface area contributed by atoms with Crippen molar-refractivity contribution in [1.82, 2.24) is 0 Å². The van der Waals surface area contributed by atoms with Crippen molar-refractivity contribution in [2.45, 2.75) is 0 Å². The zero-order valence-electron chi connectivity index (χ0n) is 13.6. The summed E-state index contributed by atoms with van der Waals surface area (Å²) in [7, 11) is 0. The highest BCUT2D eigenvalue weighted by Crippen LogP contribution is 2.21. The molecule has 0 saturated heterocycles. The molecule has 0 unspecified atom stereocenters. The fourth-order valence-electron chi connectivity index (χ4n) is 1.37. The maximum Gasteiger partial charge on any atom is 0.484 e. The van der Waals surface area contributed by atoms with Gasteiger partial charge in [0.05, 0.1) is 6.58 Å². The first kappa shape index (κ1) is 21.8. The molecule has 0 aromatic rings. The van der Waals surface area contributed by atoms with Crippen molar-refractivity contribution in [2.24, 2.45) is 5.41 Å². The first-order valence-electron chi connectivity index (χ1n) is 6.91. The van der Waals surface area contributed by atoms with Crippen LogP contribution in [0, 0.1) is 12.0 Å². The zero-order chi connectivity index (χ0) is 19.3. The number of hydrogen-bond donors (Lipinski definition) is 0. The van der Waals surface area contributed by atoms with E-state index in [1.807, 2.05) is 0 Å². The van der Waals surface area contributed by atoms with Crippen LogP contribution in [0.1, 0.15) is 0 Å². The first-order valence-corrected chi connectivity index (χ1v) is 6.91. The summed E-state index contributed by atoms with van der Waals surface area (Å²) in [6.45, 7) is 13.2. The van der Waals surface area contributed by atoms with Crippen LogP contribution in [0.2, 0.25) is 0 Å². The molecule has 0 rings (SSSR count). The van der Waals surface area contributed by atoms with Gasteiger partial charge in [0.15, 0.2) is 0 Å². The molecule has 0 radical (unpaired) electrons. The lowest BCUT2D eigenvalue weighted by molar-refractivity contribution is -0.164. The number of ether oxygens (including phenoxy) is 4. The fourth-order valence-corrected chi connectivity index (χ4v) is 1.37. The third-order valence-corrected chi connectivity index (χ3v) is 2.72. The summed E-state index contributed by atoms with van der Waals surface area (Å²) in [5, 5.41) is 0. The molecule has 0 amide bonds. The van der Waals surface area contributed by atoms with Crippen LogP contribution in [0.3, 0.4) is 0 Å². The Balaban J connectivity index is 5.36. The molecule has 0 N–H and O–H groups in total. The van der Waals surface area contributed by atoms with E-state index in [9.17, 15) is 19.2 Å². The predicted molar refractivity (Wildman–Crippen MR) is 85.7 cm³/mol. The van der Waals surface area contributed by atoms with E-state index in [1.54, 1.807) is 0 Å². The third-order valence-electron chi connectivity index (χ3n) is 2.72. The Bertz CT molecular complexity index is 459. The van der Waals surface area contributed by atoms with Gasteiger partial charge in [-0.2, -0.15) is 0 Å². The highest BCUT2D eigenvalue weighted by atomic mass is 16.6.